The minimum atomic E-state index is -4.58. The van der Waals surface area contributed by atoms with Crippen molar-refractivity contribution in [1.29, 1.82) is 0 Å². The van der Waals surface area contributed by atoms with Crippen molar-refractivity contribution < 1.29 is 17.9 Å². The molecule has 3 aromatic rings. The summed E-state index contributed by atoms with van der Waals surface area (Å²) in [6, 6.07) is 16.4. The molecule has 0 unspecified atom stereocenters. The van der Waals surface area contributed by atoms with Gasteiger partial charge in [0, 0.05) is 22.0 Å². The smallest absolute Gasteiger partial charge is 0.421 e. The quantitative estimate of drug-likeness (QED) is 0.400. The number of aromatic nitrogens is 2. The molecule has 0 saturated carbocycles. The number of rotatable bonds is 6. The van der Waals surface area contributed by atoms with Gasteiger partial charge >= 0.3 is 12.2 Å². The number of nitrogens with zero attached hydrogens (tertiary/aromatic N) is 3. The highest BCUT2D eigenvalue weighted by atomic mass is 127. The van der Waals surface area contributed by atoms with Crippen molar-refractivity contribution in [3.63, 3.8) is 0 Å². The van der Waals surface area contributed by atoms with Gasteiger partial charge in [0.1, 0.15) is 12.2 Å². The van der Waals surface area contributed by atoms with Gasteiger partial charge in [-0.3, -0.25) is 0 Å². The van der Waals surface area contributed by atoms with Crippen LogP contribution in [-0.2, 0) is 12.8 Å². The lowest BCUT2D eigenvalue weighted by Gasteiger charge is -2.25. The Morgan fingerprint density at radius 2 is 1.82 bits per heavy atom. The molecule has 1 aromatic heterocycles. The van der Waals surface area contributed by atoms with Crippen molar-refractivity contribution in [2.75, 3.05) is 11.4 Å². The molecule has 0 aliphatic heterocycles. The monoisotopic (exact) mass is 499 g/mol. The van der Waals surface area contributed by atoms with Crippen LogP contribution in [0.15, 0.2) is 60.8 Å². The van der Waals surface area contributed by atoms with Crippen molar-refractivity contribution in [1.82, 2.24) is 9.97 Å². The van der Waals surface area contributed by atoms with Gasteiger partial charge in [0.05, 0.1) is 0 Å². The molecule has 0 amide bonds. The van der Waals surface area contributed by atoms with Crippen LogP contribution in [0.4, 0.5) is 24.7 Å². The van der Waals surface area contributed by atoms with Crippen molar-refractivity contribution in [3.8, 4) is 6.01 Å². The van der Waals surface area contributed by atoms with Crippen LogP contribution in [0.25, 0.3) is 0 Å². The molecule has 0 spiro atoms. The predicted molar refractivity (Wildman–Crippen MR) is 110 cm³/mol. The second-order valence-electron chi connectivity index (χ2n) is 5.89. The average Bonchev–Trinajstić information content (AvgIpc) is 2.67. The summed E-state index contributed by atoms with van der Waals surface area (Å²) in [6.07, 6.45) is -3.80. The Bertz CT molecular complexity index is 935. The van der Waals surface area contributed by atoms with Crippen LogP contribution in [0.3, 0.4) is 0 Å². The van der Waals surface area contributed by atoms with Crippen molar-refractivity contribution in [3.05, 3.63) is 75.5 Å². The van der Waals surface area contributed by atoms with Crippen LogP contribution in [0.2, 0.25) is 0 Å². The zero-order chi connectivity index (χ0) is 20.1. The third-order valence-electron chi connectivity index (χ3n) is 3.95. The SMILES string of the molecule is CCN(c1cccc(I)c1)c1nc(OCc2ccccc2)ncc1C(F)(F)F. The first kappa shape index (κ1) is 20.4. The van der Waals surface area contributed by atoms with E-state index in [1.165, 1.54) is 4.90 Å². The summed E-state index contributed by atoms with van der Waals surface area (Å²) in [6.45, 7) is 2.24. The maximum atomic E-state index is 13.6. The van der Waals surface area contributed by atoms with Crippen molar-refractivity contribution in [2.45, 2.75) is 19.7 Å². The van der Waals surface area contributed by atoms with Crippen molar-refractivity contribution in [2.24, 2.45) is 0 Å². The number of halogens is 4. The normalized spacial score (nSPS) is 11.3. The lowest BCUT2D eigenvalue weighted by atomic mass is 10.2. The van der Waals surface area contributed by atoms with Gasteiger partial charge in [-0.1, -0.05) is 36.4 Å². The molecule has 8 heteroatoms. The van der Waals surface area contributed by atoms with E-state index >= 15 is 0 Å². The van der Waals surface area contributed by atoms with E-state index in [9.17, 15) is 13.2 Å². The van der Waals surface area contributed by atoms with E-state index in [4.69, 9.17) is 4.74 Å². The predicted octanol–water partition coefficient (Wildman–Crippen LogP) is 5.84. The van der Waals surface area contributed by atoms with Crippen LogP contribution in [0.5, 0.6) is 6.01 Å². The Hall–Kier alpha value is -2.36. The molecule has 4 nitrogen and oxygen atoms in total. The summed E-state index contributed by atoms with van der Waals surface area (Å²) in [5.74, 6) is -0.227. The first-order chi connectivity index (χ1) is 13.4. The molecule has 28 heavy (non-hydrogen) atoms. The molecule has 1 heterocycles. The largest absolute Gasteiger partial charge is 0.459 e. The summed E-state index contributed by atoms with van der Waals surface area (Å²) in [5, 5.41) is 0. The lowest BCUT2D eigenvalue weighted by Crippen LogP contribution is -2.23. The molecule has 0 aliphatic rings. The van der Waals surface area contributed by atoms with Crippen LogP contribution < -0.4 is 9.64 Å². The van der Waals surface area contributed by atoms with E-state index in [0.717, 1.165) is 15.3 Å². The van der Waals surface area contributed by atoms with E-state index in [0.29, 0.717) is 12.2 Å². The minimum absolute atomic E-state index is 0.101. The highest BCUT2D eigenvalue weighted by Gasteiger charge is 2.37. The fourth-order valence-corrected chi connectivity index (χ4v) is 3.18. The van der Waals surface area contributed by atoms with Crippen LogP contribution in [-0.4, -0.2) is 16.5 Å². The molecule has 146 valence electrons. The van der Waals surface area contributed by atoms with E-state index in [1.807, 2.05) is 36.4 Å². The number of hydrogen-bond acceptors (Lipinski definition) is 4. The first-order valence-electron chi connectivity index (χ1n) is 8.52. The van der Waals surface area contributed by atoms with E-state index in [-0.39, 0.29) is 18.4 Å². The Morgan fingerprint density at radius 3 is 2.46 bits per heavy atom. The molecule has 0 fully saturated rings. The van der Waals surface area contributed by atoms with Crippen LogP contribution in [0.1, 0.15) is 18.1 Å². The highest BCUT2D eigenvalue weighted by Crippen LogP contribution is 2.38. The Morgan fingerprint density at radius 1 is 1.07 bits per heavy atom. The molecule has 0 atom stereocenters. The molecule has 0 saturated heterocycles. The van der Waals surface area contributed by atoms with E-state index in [2.05, 4.69) is 32.6 Å². The molecule has 0 radical (unpaired) electrons. The van der Waals surface area contributed by atoms with Gasteiger partial charge in [-0.15, -0.1) is 0 Å². The summed E-state index contributed by atoms with van der Waals surface area (Å²) in [7, 11) is 0. The van der Waals surface area contributed by atoms with Gasteiger partial charge in [0.25, 0.3) is 0 Å². The summed E-state index contributed by atoms with van der Waals surface area (Å²) in [5.41, 5.74) is 0.588. The lowest BCUT2D eigenvalue weighted by molar-refractivity contribution is -0.137. The molecule has 2 aromatic carbocycles. The third kappa shape index (κ3) is 4.92. The van der Waals surface area contributed by atoms with Crippen LogP contribution >= 0.6 is 22.6 Å². The fourth-order valence-electron chi connectivity index (χ4n) is 2.65. The maximum absolute atomic E-state index is 13.6. The zero-order valence-corrected chi connectivity index (χ0v) is 17.1. The third-order valence-corrected chi connectivity index (χ3v) is 4.63. The Kier molecular flexibility index (Phi) is 6.38. The second-order valence-corrected chi connectivity index (χ2v) is 7.13. The number of benzene rings is 2. The van der Waals surface area contributed by atoms with Gasteiger partial charge in [0.15, 0.2) is 5.82 Å². The Balaban J connectivity index is 1.98. The molecule has 0 bridgehead atoms. The van der Waals surface area contributed by atoms with Crippen molar-refractivity contribution >= 4 is 34.1 Å². The van der Waals surface area contributed by atoms with Gasteiger partial charge in [-0.05, 0) is 53.3 Å². The summed E-state index contributed by atoms with van der Waals surface area (Å²) < 4.78 is 47.2. The summed E-state index contributed by atoms with van der Waals surface area (Å²) in [4.78, 5) is 9.37. The van der Waals surface area contributed by atoms with Crippen LogP contribution in [0, 0.1) is 3.57 Å². The maximum Gasteiger partial charge on any atom is 0.421 e. The number of anilines is 2. The van der Waals surface area contributed by atoms with E-state index in [1.54, 1.807) is 25.1 Å². The number of alkyl halides is 3. The standard InChI is InChI=1S/C20H17F3IN3O/c1-2-27(16-10-6-9-15(24)11-16)18-17(20(21,22)23)12-25-19(26-18)28-13-14-7-4-3-5-8-14/h3-12H,2,13H2,1H3. The molecular weight excluding hydrogens is 482 g/mol. The van der Waals surface area contributed by atoms with Gasteiger partial charge in [-0.2, -0.15) is 18.2 Å². The van der Waals surface area contributed by atoms with Gasteiger partial charge in [0.2, 0.25) is 0 Å². The Labute approximate surface area is 174 Å². The minimum Gasteiger partial charge on any atom is -0.459 e. The first-order valence-corrected chi connectivity index (χ1v) is 9.60. The average molecular weight is 499 g/mol. The second kappa shape index (κ2) is 8.76. The van der Waals surface area contributed by atoms with E-state index < -0.39 is 11.7 Å². The molecule has 3 rings (SSSR count). The molecule has 0 aliphatic carbocycles. The number of ether oxygens (including phenoxy) is 1. The highest BCUT2D eigenvalue weighted by molar-refractivity contribution is 14.1. The summed E-state index contributed by atoms with van der Waals surface area (Å²) >= 11 is 2.12. The molecule has 0 N–H and O–H groups in total. The van der Waals surface area contributed by atoms with Gasteiger partial charge in [-0.25, -0.2) is 4.98 Å². The van der Waals surface area contributed by atoms with Gasteiger partial charge < -0.3 is 9.64 Å². The topological polar surface area (TPSA) is 38.2 Å². The zero-order valence-electron chi connectivity index (χ0n) is 14.9. The number of hydrogen-bond donors (Lipinski definition) is 0. The fraction of sp³-hybridized carbons (Fsp3) is 0.200. The molecular formula is C20H17F3IN3O.